The maximum atomic E-state index is 12.8. The molecule has 1 aliphatic rings. The highest BCUT2D eigenvalue weighted by molar-refractivity contribution is 6.03. The first-order valence-electron chi connectivity index (χ1n) is 9.38. The summed E-state index contributed by atoms with van der Waals surface area (Å²) in [6.45, 7) is 3.64. The van der Waals surface area contributed by atoms with Crippen LogP contribution in [0.4, 0.5) is 5.69 Å². The predicted octanol–water partition coefficient (Wildman–Crippen LogP) is 4.45. The van der Waals surface area contributed by atoms with Gasteiger partial charge >= 0.3 is 0 Å². The lowest BCUT2D eigenvalue weighted by Crippen LogP contribution is -2.36. The molecule has 0 spiro atoms. The van der Waals surface area contributed by atoms with Gasteiger partial charge in [-0.2, -0.15) is 0 Å². The van der Waals surface area contributed by atoms with Crippen molar-refractivity contribution in [1.82, 2.24) is 4.90 Å². The van der Waals surface area contributed by atoms with Crippen molar-refractivity contribution >= 4 is 17.5 Å². The molecule has 1 aliphatic heterocycles. The van der Waals surface area contributed by atoms with Crippen LogP contribution in [0.3, 0.4) is 0 Å². The summed E-state index contributed by atoms with van der Waals surface area (Å²) in [6.07, 6.45) is 3.67. The molecule has 3 rings (SSSR count). The summed E-state index contributed by atoms with van der Waals surface area (Å²) in [5.41, 5.74) is 2.32. The van der Waals surface area contributed by atoms with E-state index in [4.69, 9.17) is 0 Å². The van der Waals surface area contributed by atoms with Crippen LogP contribution in [0.1, 0.15) is 54.4 Å². The molecule has 2 aromatic carbocycles. The molecule has 26 heavy (non-hydrogen) atoms. The number of carbonyl (C=O) groups is 2. The third-order valence-electron chi connectivity index (χ3n) is 4.94. The number of benzene rings is 2. The maximum Gasteiger partial charge on any atom is 0.255 e. The number of carbonyl (C=O) groups excluding carboxylic acids is 2. The van der Waals surface area contributed by atoms with Crippen LogP contribution in [-0.4, -0.2) is 29.8 Å². The van der Waals surface area contributed by atoms with Crippen LogP contribution in [0.5, 0.6) is 0 Å². The van der Waals surface area contributed by atoms with E-state index in [1.54, 1.807) is 6.07 Å². The lowest BCUT2D eigenvalue weighted by Gasteiger charge is -2.27. The minimum Gasteiger partial charge on any atom is -0.339 e. The molecule has 0 aromatic heterocycles. The summed E-state index contributed by atoms with van der Waals surface area (Å²) < 4.78 is 0. The smallest absolute Gasteiger partial charge is 0.255 e. The topological polar surface area (TPSA) is 49.4 Å². The Bertz CT molecular complexity index is 752. The fraction of sp³-hybridized carbons (Fsp3) is 0.364. The summed E-state index contributed by atoms with van der Waals surface area (Å²) >= 11 is 0. The maximum absolute atomic E-state index is 12.8. The second-order valence-corrected chi connectivity index (χ2v) is 6.96. The summed E-state index contributed by atoms with van der Waals surface area (Å²) in [5.74, 6) is 0.0677. The van der Waals surface area contributed by atoms with Gasteiger partial charge in [0.05, 0.1) is 11.3 Å². The average Bonchev–Trinajstić information content (AvgIpc) is 2.69. The highest BCUT2D eigenvalue weighted by Gasteiger charge is 2.21. The van der Waals surface area contributed by atoms with E-state index in [0.717, 1.165) is 31.5 Å². The van der Waals surface area contributed by atoms with Crippen LogP contribution < -0.4 is 5.32 Å². The summed E-state index contributed by atoms with van der Waals surface area (Å²) in [5, 5.41) is 2.94. The zero-order valence-electron chi connectivity index (χ0n) is 15.3. The minimum atomic E-state index is -0.0692. The molecule has 1 saturated heterocycles. The number of piperidine rings is 1. The third-order valence-corrected chi connectivity index (χ3v) is 4.94. The van der Waals surface area contributed by atoms with E-state index >= 15 is 0 Å². The van der Waals surface area contributed by atoms with Gasteiger partial charge in [0.2, 0.25) is 5.91 Å². The van der Waals surface area contributed by atoms with Gasteiger partial charge in [-0.1, -0.05) is 49.4 Å². The number of hydrogen-bond donors (Lipinski definition) is 1. The summed E-state index contributed by atoms with van der Waals surface area (Å²) in [4.78, 5) is 27.2. The van der Waals surface area contributed by atoms with Crippen molar-refractivity contribution in [2.45, 2.75) is 38.5 Å². The van der Waals surface area contributed by atoms with E-state index in [9.17, 15) is 9.59 Å². The fourth-order valence-corrected chi connectivity index (χ4v) is 3.42. The molecule has 1 atom stereocenters. The lowest BCUT2D eigenvalue weighted by atomic mass is 9.97. The molecule has 2 aromatic rings. The van der Waals surface area contributed by atoms with E-state index in [-0.39, 0.29) is 17.7 Å². The number of rotatable bonds is 5. The van der Waals surface area contributed by atoms with Gasteiger partial charge in [-0.15, -0.1) is 0 Å². The Balaban J connectivity index is 1.67. The molecule has 0 bridgehead atoms. The van der Waals surface area contributed by atoms with Gasteiger partial charge in [-0.25, -0.2) is 0 Å². The predicted molar refractivity (Wildman–Crippen MR) is 104 cm³/mol. The van der Waals surface area contributed by atoms with Gasteiger partial charge in [0, 0.05) is 19.5 Å². The minimum absolute atomic E-state index is 0.0108. The number of para-hydroxylation sites is 1. The van der Waals surface area contributed by atoms with Crippen LogP contribution in [0, 0.1) is 0 Å². The van der Waals surface area contributed by atoms with E-state index in [1.165, 1.54) is 6.42 Å². The van der Waals surface area contributed by atoms with Crippen LogP contribution in [0.15, 0.2) is 54.6 Å². The largest absolute Gasteiger partial charge is 0.339 e. The van der Waals surface area contributed by atoms with Gasteiger partial charge in [-0.3, -0.25) is 9.59 Å². The number of hydrogen-bond acceptors (Lipinski definition) is 2. The van der Waals surface area contributed by atoms with Gasteiger partial charge in [0.1, 0.15) is 0 Å². The van der Waals surface area contributed by atoms with Gasteiger partial charge in [0.15, 0.2) is 0 Å². The Morgan fingerprint density at radius 3 is 2.35 bits per heavy atom. The van der Waals surface area contributed by atoms with E-state index in [0.29, 0.717) is 17.7 Å². The molecule has 0 saturated carbocycles. The Kier molecular flexibility index (Phi) is 6.05. The molecule has 4 heteroatoms. The van der Waals surface area contributed by atoms with Crippen molar-refractivity contribution in [1.29, 1.82) is 0 Å². The monoisotopic (exact) mass is 350 g/mol. The van der Waals surface area contributed by atoms with Crippen molar-refractivity contribution in [3.8, 4) is 0 Å². The molecule has 0 aliphatic carbocycles. The normalized spacial score (nSPS) is 15.3. The molecule has 1 heterocycles. The Hall–Kier alpha value is -2.62. The highest BCUT2D eigenvalue weighted by atomic mass is 16.2. The zero-order valence-corrected chi connectivity index (χ0v) is 15.3. The number of likely N-dealkylation sites (tertiary alicyclic amines) is 1. The molecular formula is C22H26N2O2. The number of anilines is 1. The summed E-state index contributed by atoms with van der Waals surface area (Å²) in [7, 11) is 0. The second-order valence-electron chi connectivity index (χ2n) is 6.96. The van der Waals surface area contributed by atoms with E-state index in [2.05, 4.69) is 5.32 Å². The van der Waals surface area contributed by atoms with Gasteiger partial charge < -0.3 is 10.2 Å². The van der Waals surface area contributed by atoms with Crippen molar-refractivity contribution in [2.75, 3.05) is 18.4 Å². The first-order valence-corrected chi connectivity index (χ1v) is 9.38. The standard InChI is InChI=1S/C22H26N2O2/c1-17(18-10-4-2-5-11-18)16-21(25)23-20-13-7-6-12-19(20)22(26)24-14-8-3-9-15-24/h2,4-7,10-13,17H,3,8-9,14-16H2,1H3,(H,23,25). The quantitative estimate of drug-likeness (QED) is 0.866. The molecule has 1 fully saturated rings. The van der Waals surface area contributed by atoms with Gasteiger partial charge in [0.25, 0.3) is 5.91 Å². The van der Waals surface area contributed by atoms with Crippen LogP contribution >= 0.6 is 0 Å². The average molecular weight is 350 g/mol. The Labute approximate surface area is 155 Å². The van der Waals surface area contributed by atoms with Crippen molar-refractivity contribution in [2.24, 2.45) is 0 Å². The number of amides is 2. The zero-order chi connectivity index (χ0) is 18.4. The molecule has 1 unspecified atom stereocenters. The highest BCUT2D eigenvalue weighted by Crippen LogP contribution is 2.23. The van der Waals surface area contributed by atoms with E-state index in [1.807, 2.05) is 60.4 Å². The second kappa shape index (κ2) is 8.65. The fourth-order valence-electron chi connectivity index (χ4n) is 3.42. The van der Waals surface area contributed by atoms with Gasteiger partial charge in [-0.05, 0) is 42.9 Å². The Morgan fingerprint density at radius 2 is 1.62 bits per heavy atom. The van der Waals surface area contributed by atoms with Crippen molar-refractivity contribution in [3.63, 3.8) is 0 Å². The molecular weight excluding hydrogens is 324 g/mol. The molecule has 4 nitrogen and oxygen atoms in total. The van der Waals surface area contributed by atoms with Crippen LogP contribution in [0.25, 0.3) is 0 Å². The van der Waals surface area contributed by atoms with Crippen molar-refractivity contribution in [3.05, 3.63) is 65.7 Å². The summed E-state index contributed by atoms with van der Waals surface area (Å²) in [6, 6.07) is 17.3. The van der Waals surface area contributed by atoms with E-state index < -0.39 is 0 Å². The van der Waals surface area contributed by atoms with Crippen LogP contribution in [0.2, 0.25) is 0 Å². The molecule has 136 valence electrons. The first-order chi connectivity index (χ1) is 12.6. The first kappa shape index (κ1) is 18.2. The molecule has 1 N–H and O–H groups in total. The number of nitrogens with zero attached hydrogens (tertiary/aromatic N) is 1. The lowest BCUT2D eigenvalue weighted by molar-refractivity contribution is -0.116. The molecule has 0 radical (unpaired) electrons. The number of nitrogens with one attached hydrogen (secondary N) is 1. The van der Waals surface area contributed by atoms with Crippen LogP contribution in [-0.2, 0) is 4.79 Å². The molecule has 2 amide bonds. The third kappa shape index (κ3) is 4.51. The Morgan fingerprint density at radius 1 is 0.962 bits per heavy atom. The van der Waals surface area contributed by atoms with Crippen molar-refractivity contribution < 1.29 is 9.59 Å². The SMILES string of the molecule is CC(CC(=O)Nc1ccccc1C(=O)N1CCCCC1)c1ccccc1.